The molecule has 3 rings (SSSR count). The summed E-state index contributed by atoms with van der Waals surface area (Å²) in [4.78, 5) is 6.79. The highest BCUT2D eigenvalue weighted by molar-refractivity contribution is 7.99. The van der Waals surface area contributed by atoms with Crippen LogP contribution in [0.2, 0.25) is 0 Å². The minimum Gasteiger partial charge on any atom is -0.306 e. The Labute approximate surface area is 162 Å². The first kappa shape index (κ1) is 27.4. The molecule has 0 aromatic heterocycles. The van der Waals surface area contributed by atoms with Gasteiger partial charge in [0.2, 0.25) is 0 Å². The van der Waals surface area contributed by atoms with Gasteiger partial charge in [0.05, 0.1) is 11.5 Å². The van der Waals surface area contributed by atoms with Gasteiger partial charge in [0, 0.05) is 37.7 Å². The largest absolute Gasteiger partial charge is 0.306 e. The predicted molar refractivity (Wildman–Crippen MR) is 116 cm³/mol. The highest BCUT2D eigenvalue weighted by atomic mass is 32.2. The molecule has 0 amide bonds. The van der Waals surface area contributed by atoms with Gasteiger partial charge in [-0.3, -0.25) is 0 Å². The van der Waals surface area contributed by atoms with Crippen LogP contribution in [0.4, 0.5) is 0 Å². The second kappa shape index (κ2) is 15.3. The number of sulfone groups is 1. The van der Waals surface area contributed by atoms with Gasteiger partial charge in [0.1, 0.15) is 0 Å². The SMILES string of the molecule is C.C.CN1CCCCC1.CN1CCS(=O)(=O)CC1.CN1CCSCC1. The summed E-state index contributed by atoms with van der Waals surface area (Å²) in [6.45, 7) is 6.60. The number of nitrogens with zero attached hydrogens (tertiary/aromatic N) is 3. The molecule has 154 valence electrons. The van der Waals surface area contributed by atoms with Crippen LogP contribution in [0.1, 0.15) is 34.1 Å². The van der Waals surface area contributed by atoms with Crippen molar-refractivity contribution in [1.82, 2.24) is 14.7 Å². The molecule has 3 saturated heterocycles. The fraction of sp³-hybridized carbons (Fsp3) is 1.00. The minimum absolute atomic E-state index is 0. The molecule has 0 aromatic carbocycles. The van der Waals surface area contributed by atoms with Crippen molar-refractivity contribution in [2.24, 2.45) is 0 Å². The Balaban J connectivity index is 0. The lowest BCUT2D eigenvalue weighted by Gasteiger charge is -2.21. The molecular formula is C18H43N3O2S2. The maximum atomic E-state index is 10.8. The molecule has 3 aliphatic heterocycles. The van der Waals surface area contributed by atoms with Crippen molar-refractivity contribution in [3.8, 4) is 0 Å². The second-order valence-electron chi connectivity index (χ2n) is 6.73. The molecule has 0 atom stereocenters. The molecule has 0 unspecified atom stereocenters. The molecule has 0 aromatic rings. The van der Waals surface area contributed by atoms with Gasteiger partial charge >= 0.3 is 0 Å². The maximum Gasteiger partial charge on any atom is 0.152 e. The average molecular weight is 398 g/mol. The monoisotopic (exact) mass is 397 g/mol. The first-order chi connectivity index (χ1) is 10.9. The highest BCUT2D eigenvalue weighted by Gasteiger charge is 2.18. The summed E-state index contributed by atoms with van der Waals surface area (Å²) in [6.07, 6.45) is 4.28. The van der Waals surface area contributed by atoms with Crippen LogP contribution in [0, 0.1) is 0 Å². The van der Waals surface area contributed by atoms with Crippen molar-refractivity contribution < 1.29 is 8.42 Å². The van der Waals surface area contributed by atoms with E-state index in [9.17, 15) is 8.42 Å². The normalized spacial score (nSPS) is 24.3. The van der Waals surface area contributed by atoms with E-state index in [0.29, 0.717) is 24.6 Å². The Morgan fingerprint density at radius 1 is 0.640 bits per heavy atom. The highest BCUT2D eigenvalue weighted by Crippen LogP contribution is 2.06. The van der Waals surface area contributed by atoms with Crippen molar-refractivity contribution >= 4 is 21.6 Å². The first-order valence-corrected chi connectivity index (χ1v) is 11.7. The Morgan fingerprint density at radius 3 is 1.32 bits per heavy atom. The molecule has 0 spiro atoms. The van der Waals surface area contributed by atoms with Gasteiger partial charge in [0.25, 0.3) is 0 Å². The van der Waals surface area contributed by atoms with E-state index in [1.165, 1.54) is 56.9 Å². The smallest absolute Gasteiger partial charge is 0.152 e. The van der Waals surface area contributed by atoms with Gasteiger partial charge in [-0.1, -0.05) is 21.3 Å². The molecule has 0 N–H and O–H groups in total. The number of likely N-dealkylation sites (tertiary alicyclic amines) is 1. The van der Waals surface area contributed by atoms with Crippen molar-refractivity contribution in [2.75, 3.05) is 83.4 Å². The zero-order valence-corrected chi connectivity index (χ0v) is 16.8. The van der Waals surface area contributed by atoms with Crippen LogP contribution in [0.15, 0.2) is 0 Å². The molecule has 25 heavy (non-hydrogen) atoms. The average Bonchev–Trinajstić information content (AvgIpc) is 2.53. The molecular weight excluding hydrogens is 354 g/mol. The summed E-state index contributed by atoms with van der Waals surface area (Å²) in [7, 11) is 3.66. The van der Waals surface area contributed by atoms with Gasteiger partial charge in [-0.2, -0.15) is 11.8 Å². The Bertz CT molecular complexity index is 363. The molecule has 0 radical (unpaired) electrons. The van der Waals surface area contributed by atoms with E-state index in [-0.39, 0.29) is 14.9 Å². The molecule has 0 saturated carbocycles. The van der Waals surface area contributed by atoms with E-state index >= 15 is 0 Å². The van der Waals surface area contributed by atoms with Crippen LogP contribution in [0.5, 0.6) is 0 Å². The van der Waals surface area contributed by atoms with E-state index in [0.717, 1.165) is 0 Å². The number of rotatable bonds is 0. The van der Waals surface area contributed by atoms with E-state index in [1.807, 2.05) is 11.9 Å². The van der Waals surface area contributed by atoms with Crippen LogP contribution >= 0.6 is 11.8 Å². The lowest BCUT2D eigenvalue weighted by atomic mass is 10.1. The summed E-state index contributed by atoms with van der Waals surface area (Å²) >= 11 is 2.06. The maximum absolute atomic E-state index is 10.8. The van der Waals surface area contributed by atoms with Crippen LogP contribution in [0.3, 0.4) is 0 Å². The molecule has 7 heteroatoms. The summed E-state index contributed by atoms with van der Waals surface area (Å²) in [6, 6.07) is 0. The third-order valence-electron chi connectivity index (χ3n) is 4.38. The lowest BCUT2D eigenvalue weighted by molar-refractivity contribution is 0.277. The minimum atomic E-state index is -2.66. The van der Waals surface area contributed by atoms with E-state index in [1.54, 1.807) is 0 Å². The molecule has 0 aliphatic carbocycles. The van der Waals surface area contributed by atoms with E-state index in [4.69, 9.17) is 0 Å². The van der Waals surface area contributed by atoms with Crippen LogP contribution in [-0.2, 0) is 9.84 Å². The summed E-state index contributed by atoms with van der Waals surface area (Å²) in [5.74, 6) is 3.33. The van der Waals surface area contributed by atoms with E-state index < -0.39 is 9.84 Å². The van der Waals surface area contributed by atoms with Crippen molar-refractivity contribution in [1.29, 1.82) is 0 Å². The van der Waals surface area contributed by atoms with E-state index in [2.05, 4.69) is 35.7 Å². The van der Waals surface area contributed by atoms with Crippen LogP contribution in [0.25, 0.3) is 0 Å². The quantitative estimate of drug-likeness (QED) is 0.625. The zero-order chi connectivity index (χ0) is 17.1. The molecule has 3 heterocycles. The molecule has 3 fully saturated rings. The van der Waals surface area contributed by atoms with Crippen molar-refractivity contribution in [3.63, 3.8) is 0 Å². The first-order valence-electron chi connectivity index (χ1n) is 8.73. The molecule has 0 bridgehead atoms. The number of hydrogen-bond acceptors (Lipinski definition) is 6. The number of piperidine rings is 1. The number of hydrogen-bond donors (Lipinski definition) is 0. The lowest BCUT2D eigenvalue weighted by Crippen LogP contribution is -2.37. The molecule has 3 aliphatic rings. The predicted octanol–water partition coefficient (Wildman–Crippen LogP) is 2.39. The van der Waals surface area contributed by atoms with Gasteiger partial charge in [-0.05, 0) is 47.1 Å². The van der Waals surface area contributed by atoms with Gasteiger partial charge in [0.15, 0.2) is 9.84 Å². The zero-order valence-electron chi connectivity index (χ0n) is 15.2. The van der Waals surface area contributed by atoms with Gasteiger partial charge < -0.3 is 14.7 Å². The Morgan fingerprint density at radius 2 is 1.04 bits per heavy atom. The number of thioether (sulfide) groups is 1. The van der Waals surface area contributed by atoms with Crippen LogP contribution in [-0.4, -0.2) is 107 Å². The Hall–Kier alpha value is 0.180. The van der Waals surface area contributed by atoms with Crippen molar-refractivity contribution in [3.05, 3.63) is 0 Å². The van der Waals surface area contributed by atoms with Gasteiger partial charge in [-0.25, -0.2) is 8.42 Å². The third kappa shape index (κ3) is 15.0. The topological polar surface area (TPSA) is 43.9 Å². The van der Waals surface area contributed by atoms with Gasteiger partial charge in [-0.15, -0.1) is 0 Å². The third-order valence-corrected chi connectivity index (χ3v) is 6.93. The second-order valence-corrected chi connectivity index (χ2v) is 10.3. The Kier molecular flexibility index (Phi) is 16.7. The fourth-order valence-corrected chi connectivity index (χ4v) is 4.98. The van der Waals surface area contributed by atoms with Crippen LogP contribution < -0.4 is 0 Å². The summed E-state index contributed by atoms with van der Waals surface area (Å²) < 4.78 is 21.5. The summed E-state index contributed by atoms with van der Waals surface area (Å²) in [5, 5.41) is 0. The molecule has 5 nitrogen and oxygen atoms in total. The van der Waals surface area contributed by atoms with Crippen molar-refractivity contribution in [2.45, 2.75) is 34.1 Å². The fourth-order valence-electron chi connectivity index (χ4n) is 2.51. The standard InChI is InChI=1S/C6H13N.C5H11NO2S.C5H11NS.2CH4/c1-7-5-3-2-4-6-7;1-6-2-4-9(7,8)5-3-6;1-6-2-4-7-5-3-6;;/h2-6H2,1H3;2-5H2,1H3;2-5H2,1H3;2*1H4. The summed E-state index contributed by atoms with van der Waals surface area (Å²) in [5.41, 5.74) is 0.